The van der Waals surface area contributed by atoms with Crippen molar-refractivity contribution in [1.29, 1.82) is 0 Å². The van der Waals surface area contributed by atoms with Crippen LogP contribution < -0.4 is 25.5 Å². The number of aliphatic carboxylic acids is 10. The van der Waals surface area contributed by atoms with Gasteiger partial charge in [-0.3, -0.25) is 0 Å². The van der Waals surface area contributed by atoms with E-state index >= 15 is 0 Å². The molecule has 10 fully saturated rings. The number of carbonyl (C=O) groups is 10. The van der Waals surface area contributed by atoms with Gasteiger partial charge >= 0.3 is 52.2 Å². The number of rotatable bonds is 20. The molecular weight excluding hydrogens is 1890 g/mol. The number of carbonyl (C=O) groups excluding carboxylic acids is 5. The van der Waals surface area contributed by atoms with Crippen LogP contribution in [0.3, 0.4) is 0 Å². The van der Waals surface area contributed by atoms with E-state index in [4.69, 9.17) is 25.5 Å². The first-order valence-corrected chi connectivity index (χ1v) is 49.9. The van der Waals surface area contributed by atoms with Crippen molar-refractivity contribution in [3.63, 3.8) is 0 Å². The second kappa shape index (κ2) is 50.1. The minimum absolute atomic E-state index is 0. The van der Waals surface area contributed by atoms with Gasteiger partial charge in [0, 0.05) is 138 Å². The average Bonchev–Trinajstić information content (AvgIpc) is 1.65. The maximum absolute atomic E-state index is 11.2. The minimum Gasteiger partial charge on any atom is -0.550 e. The number of hydrogen-bond acceptors (Lipinski definition) is 20. The third kappa shape index (κ3) is 29.7. The molecule has 10 aliphatic carbocycles. The van der Waals surface area contributed by atoms with Gasteiger partial charge in [-0.2, -0.15) is 0 Å². The number of fused-ring (bicyclic) bond motifs is 15. The van der Waals surface area contributed by atoms with Crippen LogP contribution in [0.5, 0.6) is 0 Å². The molecule has 136 heavy (non-hydrogen) atoms. The van der Waals surface area contributed by atoms with Crippen LogP contribution in [0.25, 0.3) is 53.9 Å². The summed E-state index contributed by atoms with van der Waals surface area (Å²) in [5, 5.41) is 110. The van der Waals surface area contributed by atoms with E-state index in [0.29, 0.717) is 85.4 Å². The van der Waals surface area contributed by atoms with E-state index in [9.17, 15) is 73.5 Å². The van der Waals surface area contributed by atoms with Crippen molar-refractivity contribution < 1.29 is 121 Å². The van der Waals surface area contributed by atoms with Crippen molar-refractivity contribution in [2.24, 2.45) is 88.8 Å². The number of carboxylic acids is 10. The van der Waals surface area contributed by atoms with E-state index in [-0.39, 0.29) is 79.8 Å². The molecule has 710 valence electrons. The molecule has 10 bridgehead atoms. The minimum atomic E-state index is -0.935. The van der Waals surface area contributed by atoms with Crippen LogP contribution in [0.4, 0.5) is 0 Å². The topological polar surface area (TPSA) is 387 Å². The summed E-state index contributed by atoms with van der Waals surface area (Å²) >= 11 is 9.30. The van der Waals surface area contributed by atoms with Gasteiger partial charge in [0.25, 0.3) is 0 Å². The molecule has 20 nitrogen and oxygen atoms in total. The Labute approximate surface area is 830 Å². The molecule has 5 N–H and O–H groups in total. The van der Waals surface area contributed by atoms with Crippen molar-refractivity contribution in [1.82, 2.24) is 0 Å². The fraction of sp³-hybridized carbons (Fsp3) is 0.364. The van der Waals surface area contributed by atoms with Gasteiger partial charge in [-0.05, 0) is 305 Å². The standard InChI is InChI=1S/5C18H18O2S.5C4H6O2.Nb/c5*19-18(20)16-8-11-7-15(16)17(9-11)21-14-6-5-12-3-1-2-4-13(12)10-14;5*1-3(2)4(5)6;/h5*1-6,10-11,15-17H,7-9H2,(H,19,20);5*1H2,2H3,(H,5,6);/q;;;;;;;;;;+5/p-5. The van der Waals surface area contributed by atoms with Crippen molar-refractivity contribution in [2.75, 3.05) is 0 Å². The summed E-state index contributed by atoms with van der Waals surface area (Å²) in [5.74, 6) is -5.51. The van der Waals surface area contributed by atoms with E-state index in [0.717, 1.165) is 96.3 Å². The molecule has 26 heteroatoms. The van der Waals surface area contributed by atoms with E-state index in [1.807, 2.05) is 58.8 Å². The number of carboxylic acid groups (broad SMARTS) is 10. The predicted octanol–water partition coefficient (Wildman–Crippen LogP) is 18.7. The van der Waals surface area contributed by atoms with Gasteiger partial charge < -0.3 is 75.0 Å². The third-order valence-electron chi connectivity index (χ3n) is 27.1. The summed E-state index contributed by atoms with van der Waals surface area (Å²) in [6.07, 6.45) is 15.3. The molecule has 10 aromatic carbocycles. The van der Waals surface area contributed by atoms with Gasteiger partial charge in [0.2, 0.25) is 0 Å². The number of benzene rings is 10. The zero-order valence-electron chi connectivity index (χ0n) is 76.7. The van der Waals surface area contributed by atoms with Gasteiger partial charge in [-0.25, -0.2) is 24.0 Å². The van der Waals surface area contributed by atoms with E-state index in [2.05, 4.69) is 245 Å². The average molecular weight is 2010 g/mol. The summed E-state index contributed by atoms with van der Waals surface area (Å²) in [5.41, 5.74) is 0.880. The Kier molecular flexibility index (Phi) is 39.6. The predicted molar refractivity (Wildman–Crippen MR) is 527 cm³/mol. The van der Waals surface area contributed by atoms with Crippen LogP contribution in [-0.4, -0.2) is 111 Å². The third-order valence-corrected chi connectivity index (χ3v) is 34.0. The fourth-order valence-electron chi connectivity index (χ4n) is 20.5. The maximum Gasteiger partial charge on any atom is 5.00 e. The Morgan fingerprint density at radius 1 is 0.228 bits per heavy atom. The van der Waals surface area contributed by atoms with Gasteiger partial charge in [0.1, 0.15) is 0 Å². The summed E-state index contributed by atoms with van der Waals surface area (Å²) in [4.78, 5) is 110. The SMILES string of the molecule is C=C(C)C(=O)O.C=C(C)C(=O)O.C=C(C)C(=O)O.C=C(C)C(=O)O.C=C(C)C(=O)O.O=C([O-])C1CC2CC(Sc3ccc4ccccc4c3)C1C2.O=C([O-])C1CC2CC(Sc3ccc4ccccc4c3)C1C2.O=C([O-])C1CC2CC(Sc3ccc4ccccc4c3)C1C2.O=C([O-])C1CC2CC(Sc3ccc4ccccc4c3)C1C2.O=C([O-])C1CC2CC(Sc3ccc4ccccc4c3)C1C2.[Nb+5]. The fourth-order valence-corrected chi connectivity index (χ4v) is 28.2. The van der Waals surface area contributed by atoms with E-state index in [1.54, 1.807) is 0 Å². The molecule has 10 saturated carbocycles. The first-order valence-electron chi connectivity index (χ1n) is 45.5. The van der Waals surface area contributed by atoms with Crippen molar-refractivity contribution in [3.8, 4) is 0 Å². The second-order valence-electron chi connectivity index (χ2n) is 37.1. The zero-order chi connectivity index (χ0) is 97.8. The quantitative estimate of drug-likeness (QED) is 0.0349. The van der Waals surface area contributed by atoms with Crippen LogP contribution in [-0.2, 0) is 70.3 Å². The monoisotopic (exact) mass is 2010 g/mol. The molecule has 0 aromatic heterocycles. The number of hydrogen-bond donors (Lipinski definition) is 5. The molecule has 0 heterocycles. The smallest absolute Gasteiger partial charge is 0.550 e. The van der Waals surface area contributed by atoms with E-state index < -0.39 is 59.7 Å². The van der Waals surface area contributed by atoms with Gasteiger partial charge in [-0.1, -0.05) is 185 Å². The molecule has 20 atom stereocenters. The van der Waals surface area contributed by atoms with Crippen molar-refractivity contribution >= 4 is 172 Å². The van der Waals surface area contributed by atoms with Gasteiger partial charge in [-0.15, -0.1) is 58.8 Å². The van der Waals surface area contributed by atoms with Crippen LogP contribution in [0, 0.1) is 88.8 Å². The largest absolute Gasteiger partial charge is 5.00 e. The van der Waals surface area contributed by atoms with Crippen LogP contribution >= 0.6 is 58.8 Å². The summed E-state index contributed by atoms with van der Waals surface area (Å²) < 4.78 is 0. The second-order valence-corrected chi connectivity index (χ2v) is 43.6. The first-order chi connectivity index (χ1) is 64.2. The number of thioether (sulfide) groups is 5. The molecular formula is C110H115NbO20S5. The first kappa shape index (κ1) is 107. The summed E-state index contributed by atoms with van der Waals surface area (Å²) in [6, 6.07) is 74.5. The normalized spacial score (nSPS) is 25.5. The van der Waals surface area contributed by atoms with Gasteiger partial charge in [0.05, 0.1) is 0 Å². The molecule has 0 aliphatic heterocycles. The Bertz CT molecular complexity index is 5170. The Balaban J connectivity index is 0.000000163. The van der Waals surface area contributed by atoms with Gasteiger partial charge in [0.15, 0.2) is 0 Å². The Morgan fingerprint density at radius 3 is 0.478 bits per heavy atom. The van der Waals surface area contributed by atoms with Crippen molar-refractivity contribution in [2.45, 2.75) is 182 Å². The molecule has 0 amide bonds. The molecule has 20 unspecified atom stereocenters. The maximum atomic E-state index is 11.2. The summed E-state index contributed by atoms with van der Waals surface area (Å²) in [7, 11) is 0. The van der Waals surface area contributed by atoms with Crippen LogP contribution in [0.15, 0.2) is 298 Å². The molecule has 0 radical (unpaired) electrons. The Hall–Kier alpha value is -10.6. The zero-order valence-corrected chi connectivity index (χ0v) is 83.0. The van der Waals surface area contributed by atoms with Crippen LogP contribution in [0.1, 0.15) is 131 Å². The van der Waals surface area contributed by atoms with Crippen LogP contribution in [0.2, 0.25) is 0 Å². The Morgan fingerprint density at radius 2 is 0.360 bits per heavy atom. The molecule has 0 spiro atoms. The van der Waals surface area contributed by atoms with Crippen molar-refractivity contribution in [3.05, 3.63) is 273 Å². The van der Waals surface area contributed by atoms with E-state index in [1.165, 1.54) is 113 Å². The molecule has 10 aliphatic rings. The molecule has 10 aromatic rings. The summed E-state index contributed by atoms with van der Waals surface area (Å²) in [6.45, 7) is 23.0. The molecule has 0 saturated heterocycles. The molecule has 20 rings (SSSR count).